The van der Waals surface area contributed by atoms with Gasteiger partial charge in [-0.05, 0) is 6.92 Å². The predicted octanol–water partition coefficient (Wildman–Crippen LogP) is 0.359. The van der Waals surface area contributed by atoms with Crippen molar-refractivity contribution in [2.24, 2.45) is 4.99 Å². The lowest BCUT2D eigenvalue weighted by Gasteiger charge is -2.00. The number of amidine groups is 1. The fourth-order valence-corrected chi connectivity index (χ4v) is 2.15. The molecule has 1 unspecified atom stereocenters. The van der Waals surface area contributed by atoms with Crippen LogP contribution in [-0.2, 0) is 6.54 Å². The summed E-state index contributed by atoms with van der Waals surface area (Å²) in [6, 6.07) is 0.546. The average molecular weight is 211 g/mol. The fourth-order valence-electron chi connectivity index (χ4n) is 1.19. The molecule has 2 heterocycles. The van der Waals surface area contributed by atoms with E-state index in [-0.39, 0.29) is 0 Å². The van der Waals surface area contributed by atoms with Gasteiger partial charge in [-0.1, -0.05) is 11.8 Å². The first-order valence-electron chi connectivity index (χ1n) is 4.61. The van der Waals surface area contributed by atoms with E-state index in [4.69, 9.17) is 0 Å². The first-order chi connectivity index (χ1) is 6.84. The molecule has 2 rings (SSSR count). The van der Waals surface area contributed by atoms with Gasteiger partial charge < -0.3 is 5.32 Å². The highest BCUT2D eigenvalue weighted by molar-refractivity contribution is 8.14. The summed E-state index contributed by atoms with van der Waals surface area (Å²) in [7, 11) is 0. The van der Waals surface area contributed by atoms with Crippen LogP contribution in [0.1, 0.15) is 6.92 Å². The zero-order chi connectivity index (χ0) is 9.80. The van der Waals surface area contributed by atoms with Gasteiger partial charge in [-0.2, -0.15) is 5.10 Å². The predicted molar refractivity (Wildman–Crippen MR) is 57.4 cm³/mol. The van der Waals surface area contributed by atoms with Crippen LogP contribution in [0, 0.1) is 0 Å². The van der Waals surface area contributed by atoms with E-state index in [1.807, 2.05) is 0 Å². The molecular weight excluding hydrogens is 198 g/mol. The minimum absolute atomic E-state index is 0.546. The van der Waals surface area contributed by atoms with Gasteiger partial charge >= 0.3 is 0 Å². The second kappa shape index (κ2) is 4.45. The van der Waals surface area contributed by atoms with Gasteiger partial charge in [0.1, 0.15) is 12.7 Å². The molecule has 0 amide bonds. The van der Waals surface area contributed by atoms with E-state index >= 15 is 0 Å². The summed E-state index contributed by atoms with van der Waals surface area (Å²) < 4.78 is 1.78. The minimum atomic E-state index is 0.546. The van der Waals surface area contributed by atoms with Crippen molar-refractivity contribution >= 4 is 16.9 Å². The number of nitrogens with one attached hydrogen (secondary N) is 1. The standard InChI is InChI=1S/C8H13N5S/c1-7-4-14-8(12-7)10-2-3-13-6-9-5-11-13/h5-7H,2-4H2,1H3,(H,10,12). The van der Waals surface area contributed by atoms with Crippen LogP contribution in [0.15, 0.2) is 17.6 Å². The molecule has 1 aliphatic heterocycles. The molecule has 1 aliphatic rings. The molecule has 0 radical (unpaired) electrons. The largest absolute Gasteiger partial charge is 0.362 e. The Morgan fingerprint density at radius 1 is 1.79 bits per heavy atom. The van der Waals surface area contributed by atoms with Crippen molar-refractivity contribution in [2.75, 3.05) is 12.3 Å². The number of hydrogen-bond acceptors (Lipinski definition) is 4. The lowest BCUT2D eigenvalue weighted by atomic mass is 10.4. The Bertz CT molecular complexity index is 308. The maximum atomic E-state index is 4.43. The third-order valence-corrected chi connectivity index (χ3v) is 3.08. The Labute approximate surface area is 87.0 Å². The van der Waals surface area contributed by atoms with E-state index in [9.17, 15) is 0 Å². The molecule has 1 saturated heterocycles. The Morgan fingerprint density at radius 2 is 2.71 bits per heavy atom. The van der Waals surface area contributed by atoms with Crippen molar-refractivity contribution in [1.29, 1.82) is 0 Å². The Hall–Kier alpha value is -1.04. The smallest absolute Gasteiger partial charge is 0.156 e. The van der Waals surface area contributed by atoms with Crippen LogP contribution in [0.25, 0.3) is 0 Å². The van der Waals surface area contributed by atoms with Gasteiger partial charge in [-0.3, -0.25) is 9.67 Å². The van der Waals surface area contributed by atoms with Gasteiger partial charge in [0, 0.05) is 11.8 Å². The molecule has 76 valence electrons. The Kier molecular flexibility index (Phi) is 3.03. The van der Waals surface area contributed by atoms with E-state index in [0.717, 1.165) is 24.0 Å². The highest BCUT2D eigenvalue weighted by atomic mass is 32.2. The van der Waals surface area contributed by atoms with E-state index in [0.29, 0.717) is 6.04 Å². The topological polar surface area (TPSA) is 55.1 Å². The lowest BCUT2D eigenvalue weighted by Crippen LogP contribution is -2.23. The number of rotatable bonds is 3. The molecule has 1 atom stereocenters. The van der Waals surface area contributed by atoms with E-state index in [1.165, 1.54) is 6.33 Å². The van der Waals surface area contributed by atoms with Gasteiger partial charge in [0.15, 0.2) is 5.17 Å². The van der Waals surface area contributed by atoms with Crippen molar-refractivity contribution in [2.45, 2.75) is 19.5 Å². The minimum Gasteiger partial charge on any atom is -0.362 e. The van der Waals surface area contributed by atoms with Gasteiger partial charge in [0.05, 0.1) is 13.1 Å². The molecule has 0 saturated carbocycles. The van der Waals surface area contributed by atoms with Crippen LogP contribution in [0.5, 0.6) is 0 Å². The van der Waals surface area contributed by atoms with Crippen LogP contribution < -0.4 is 5.32 Å². The zero-order valence-corrected chi connectivity index (χ0v) is 8.87. The lowest BCUT2D eigenvalue weighted by molar-refractivity contribution is 0.623. The van der Waals surface area contributed by atoms with E-state index in [2.05, 4.69) is 27.3 Å². The summed E-state index contributed by atoms with van der Waals surface area (Å²) in [6.45, 7) is 3.71. The van der Waals surface area contributed by atoms with Crippen LogP contribution in [0.4, 0.5) is 0 Å². The normalized spacial score (nSPS) is 24.1. The molecular formula is C8H13N5S. The van der Waals surface area contributed by atoms with Crippen LogP contribution in [0.3, 0.4) is 0 Å². The third kappa shape index (κ3) is 2.47. The molecule has 14 heavy (non-hydrogen) atoms. The molecule has 1 fully saturated rings. The van der Waals surface area contributed by atoms with Gasteiger partial charge in [0.25, 0.3) is 0 Å². The van der Waals surface area contributed by atoms with E-state index in [1.54, 1.807) is 22.8 Å². The van der Waals surface area contributed by atoms with Crippen molar-refractivity contribution in [3.8, 4) is 0 Å². The van der Waals surface area contributed by atoms with E-state index < -0.39 is 0 Å². The molecule has 0 aromatic carbocycles. The molecule has 6 heteroatoms. The summed E-state index contributed by atoms with van der Waals surface area (Å²) >= 11 is 1.78. The monoisotopic (exact) mass is 211 g/mol. The SMILES string of the molecule is CC1CSC(=NCCn2cncn2)N1. The number of aliphatic imine (C=N–C) groups is 1. The Morgan fingerprint density at radius 3 is 3.36 bits per heavy atom. The maximum absolute atomic E-state index is 4.43. The molecule has 5 nitrogen and oxygen atoms in total. The average Bonchev–Trinajstić information content (AvgIpc) is 2.77. The molecule has 1 aromatic heterocycles. The van der Waals surface area contributed by atoms with Crippen LogP contribution in [-0.4, -0.2) is 38.3 Å². The van der Waals surface area contributed by atoms with Crippen LogP contribution >= 0.6 is 11.8 Å². The summed E-state index contributed by atoms with van der Waals surface area (Å²) in [6.07, 6.45) is 3.25. The van der Waals surface area contributed by atoms with Gasteiger partial charge in [-0.25, -0.2) is 4.98 Å². The van der Waals surface area contributed by atoms with Crippen molar-refractivity contribution in [1.82, 2.24) is 20.1 Å². The summed E-state index contributed by atoms with van der Waals surface area (Å²) in [4.78, 5) is 8.30. The van der Waals surface area contributed by atoms with Crippen molar-refractivity contribution < 1.29 is 0 Å². The first kappa shape index (κ1) is 9.51. The summed E-state index contributed by atoms with van der Waals surface area (Å²) in [5, 5.41) is 8.36. The molecule has 0 aliphatic carbocycles. The van der Waals surface area contributed by atoms with Crippen molar-refractivity contribution in [3.63, 3.8) is 0 Å². The second-order valence-electron chi connectivity index (χ2n) is 3.20. The summed E-state index contributed by atoms with van der Waals surface area (Å²) in [5.41, 5.74) is 0. The van der Waals surface area contributed by atoms with Crippen molar-refractivity contribution in [3.05, 3.63) is 12.7 Å². The van der Waals surface area contributed by atoms with Crippen LogP contribution in [0.2, 0.25) is 0 Å². The van der Waals surface area contributed by atoms with Gasteiger partial charge in [0.2, 0.25) is 0 Å². The first-order valence-corrected chi connectivity index (χ1v) is 5.59. The number of thioether (sulfide) groups is 1. The molecule has 1 N–H and O–H groups in total. The number of hydrogen-bond donors (Lipinski definition) is 1. The Balaban J connectivity index is 1.77. The number of aromatic nitrogens is 3. The fraction of sp³-hybridized carbons (Fsp3) is 0.625. The highest BCUT2D eigenvalue weighted by Gasteiger charge is 2.14. The quantitative estimate of drug-likeness (QED) is 0.784. The number of nitrogens with zero attached hydrogens (tertiary/aromatic N) is 4. The molecule has 0 bridgehead atoms. The zero-order valence-electron chi connectivity index (χ0n) is 8.05. The maximum Gasteiger partial charge on any atom is 0.156 e. The summed E-state index contributed by atoms with van der Waals surface area (Å²) in [5.74, 6) is 1.11. The molecule has 0 spiro atoms. The second-order valence-corrected chi connectivity index (χ2v) is 4.21. The highest BCUT2D eigenvalue weighted by Crippen LogP contribution is 2.12. The molecule has 1 aromatic rings. The van der Waals surface area contributed by atoms with Gasteiger partial charge in [-0.15, -0.1) is 0 Å². The third-order valence-electron chi connectivity index (χ3n) is 1.89.